The molecule has 0 radical (unpaired) electrons. The van der Waals surface area contributed by atoms with Gasteiger partial charge < -0.3 is 15.5 Å². The van der Waals surface area contributed by atoms with Gasteiger partial charge in [0.25, 0.3) is 0 Å². The minimum absolute atomic E-state index is 0.0331. The Balaban J connectivity index is 2.79. The molecule has 0 bridgehead atoms. The van der Waals surface area contributed by atoms with Crippen molar-refractivity contribution in [2.45, 2.75) is 37.8 Å². The number of amides is 2. The van der Waals surface area contributed by atoms with Crippen molar-refractivity contribution in [3.63, 3.8) is 0 Å². The molecular weight excluding hydrogens is 352 g/mol. The topological polar surface area (TPSA) is 81.8 Å². The summed E-state index contributed by atoms with van der Waals surface area (Å²) in [6.45, 7) is 5.12. The van der Waals surface area contributed by atoms with Gasteiger partial charge in [-0.15, -0.1) is 0 Å². The van der Waals surface area contributed by atoms with E-state index in [1.807, 2.05) is 19.0 Å². The molecule has 0 saturated heterocycles. The number of nitrogens with one attached hydrogen (secondary N) is 2. The predicted octanol–water partition coefficient (Wildman–Crippen LogP) is 1.71. The molecule has 0 aliphatic heterocycles. The lowest BCUT2D eigenvalue weighted by Gasteiger charge is -2.24. The third-order valence-electron chi connectivity index (χ3n) is 3.85. The van der Waals surface area contributed by atoms with E-state index in [2.05, 4.69) is 24.5 Å². The van der Waals surface area contributed by atoms with Gasteiger partial charge in [0.1, 0.15) is 0 Å². The number of rotatable bonds is 9. The Morgan fingerprint density at radius 1 is 1.12 bits per heavy atom. The molecule has 1 rings (SSSR count). The summed E-state index contributed by atoms with van der Waals surface area (Å²) in [5.74, 6) is 0.464. The second-order valence-corrected chi connectivity index (χ2v) is 9.43. The van der Waals surface area contributed by atoms with Gasteiger partial charge in [0.15, 0.2) is 0 Å². The second-order valence-electron chi connectivity index (χ2n) is 7.31. The first kappa shape index (κ1) is 22.4. The number of urea groups is 1. The van der Waals surface area contributed by atoms with Crippen molar-refractivity contribution in [3.05, 3.63) is 29.8 Å². The molecule has 1 atom stereocenters. The summed E-state index contributed by atoms with van der Waals surface area (Å²) in [7, 11) is 3.36. The van der Waals surface area contributed by atoms with Crippen LogP contribution in [0.3, 0.4) is 0 Å². The lowest BCUT2D eigenvalue weighted by atomic mass is 10.0. The van der Waals surface area contributed by atoms with E-state index >= 15 is 0 Å². The van der Waals surface area contributed by atoms with Crippen LogP contribution in [0.15, 0.2) is 29.2 Å². The van der Waals surface area contributed by atoms with Crippen LogP contribution in [0.1, 0.15) is 25.8 Å². The van der Waals surface area contributed by atoms with Crippen molar-refractivity contribution >= 4 is 16.1 Å². The molecule has 0 aromatic heterocycles. The summed E-state index contributed by atoms with van der Waals surface area (Å²) in [6.07, 6.45) is 0.872. The van der Waals surface area contributed by atoms with Gasteiger partial charge in [-0.2, -0.15) is 0 Å². The van der Waals surface area contributed by atoms with Crippen molar-refractivity contribution in [2.24, 2.45) is 5.92 Å². The number of carbonyl (C=O) groups excluding carboxylic acids is 1. The van der Waals surface area contributed by atoms with Crippen molar-refractivity contribution < 1.29 is 13.2 Å². The maximum Gasteiger partial charge on any atom is 0.315 e. The normalized spacial score (nSPS) is 13.3. The Labute approximate surface area is 157 Å². The van der Waals surface area contributed by atoms with E-state index in [1.54, 1.807) is 24.3 Å². The third-order valence-corrected chi connectivity index (χ3v) is 5.76. The first-order valence-electron chi connectivity index (χ1n) is 8.73. The number of benzene rings is 1. The van der Waals surface area contributed by atoms with Gasteiger partial charge >= 0.3 is 6.03 Å². The van der Waals surface area contributed by atoms with Gasteiger partial charge in [-0.05, 0) is 38.1 Å². The maximum absolute atomic E-state index is 12.4. The van der Waals surface area contributed by atoms with Crippen LogP contribution >= 0.6 is 0 Å². The van der Waals surface area contributed by atoms with Crippen LogP contribution in [-0.4, -0.2) is 64.4 Å². The zero-order chi connectivity index (χ0) is 19.9. The number of carbonyl (C=O) groups is 1. The van der Waals surface area contributed by atoms with Crippen molar-refractivity contribution in [2.75, 3.05) is 34.7 Å². The summed E-state index contributed by atoms with van der Waals surface area (Å²) >= 11 is 0. The molecule has 0 fully saturated rings. The number of nitrogens with zero attached hydrogens (tertiary/aromatic N) is 2. The molecule has 7 nitrogen and oxygen atoms in total. The molecule has 0 aliphatic carbocycles. The fourth-order valence-corrected chi connectivity index (χ4v) is 3.81. The molecule has 2 amide bonds. The molecule has 8 heteroatoms. The highest BCUT2D eigenvalue weighted by atomic mass is 32.2. The van der Waals surface area contributed by atoms with E-state index in [1.165, 1.54) is 18.4 Å². The van der Waals surface area contributed by atoms with Crippen LogP contribution in [0.2, 0.25) is 0 Å². The third kappa shape index (κ3) is 6.93. The Kier molecular flexibility index (Phi) is 8.52. The standard InChI is InChI=1S/C18H32N4O3S/c1-14(2)11-16(13-21(3)4)20-18(23)19-12-15-9-7-8-10-17(15)26(24,25)22(5)6/h7-10,14,16H,11-13H2,1-6H3,(H2,19,20,23). The number of hydrogen-bond acceptors (Lipinski definition) is 4. The first-order chi connectivity index (χ1) is 12.0. The minimum Gasteiger partial charge on any atom is -0.334 e. The average Bonchev–Trinajstić information content (AvgIpc) is 2.51. The maximum atomic E-state index is 12.4. The molecule has 0 heterocycles. The highest BCUT2D eigenvalue weighted by Crippen LogP contribution is 2.18. The highest BCUT2D eigenvalue weighted by Gasteiger charge is 2.21. The quantitative estimate of drug-likeness (QED) is 0.679. The van der Waals surface area contributed by atoms with E-state index in [9.17, 15) is 13.2 Å². The van der Waals surface area contributed by atoms with E-state index in [4.69, 9.17) is 0 Å². The summed E-state index contributed by atoms with van der Waals surface area (Å²) in [5, 5.41) is 5.76. The SMILES string of the molecule is CC(C)CC(CN(C)C)NC(=O)NCc1ccccc1S(=O)(=O)N(C)C. The van der Waals surface area contributed by atoms with Crippen molar-refractivity contribution in [1.82, 2.24) is 19.8 Å². The number of likely N-dealkylation sites (N-methyl/N-ethyl adjacent to an activating group) is 1. The van der Waals surface area contributed by atoms with Crippen LogP contribution in [0.5, 0.6) is 0 Å². The van der Waals surface area contributed by atoms with Crippen LogP contribution in [-0.2, 0) is 16.6 Å². The van der Waals surface area contributed by atoms with Gasteiger partial charge in [-0.25, -0.2) is 17.5 Å². The summed E-state index contributed by atoms with van der Waals surface area (Å²) in [4.78, 5) is 14.5. The lowest BCUT2D eigenvalue weighted by molar-refractivity contribution is 0.228. The molecular formula is C18H32N4O3S. The average molecular weight is 385 g/mol. The molecule has 0 saturated carbocycles. The molecule has 1 aromatic carbocycles. The fraction of sp³-hybridized carbons (Fsp3) is 0.611. The van der Waals surface area contributed by atoms with Gasteiger partial charge in [-0.3, -0.25) is 0 Å². The van der Waals surface area contributed by atoms with Crippen molar-refractivity contribution in [1.29, 1.82) is 0 Å². The zero-order valence-electron chi connectivity index (χ0n) is 16.6. The number of sulfonamides is 1. The minimum atomic E-state index is -3.56. The van der Waals surface area contributed by atoms with Crippen LogP contribution in [0, 0.1) is 5.92 Å². The molecule has 1 unspecified atom stereocenters. The molecule has 2 N–H and O–H groups in total. The Morgan fingerprint density at radius 3 is 2.27 bits per heavy atom. The first-order valence-corrected chi connectivity index (χ1v) is 10.2. The van der Waals surface area contributed by atoms with Crippen LogP contribution < -0.4 is 10.6 Å². The Hall–Kier alpha value is -1.64. The van der Waals surface area contributed by atoms with E-state index in [0.29, 0.717) is 11.5 Å². The molecule has 0 spiro atoms. The van der Waals surface area contributed by atoms with Crippen LogP contribution in [0.25, 0.3) is 0 Å². The van der Waals surface area contributed by atoms with E-state index in [-0.39, 0.29) is 23.5 Å². The van der Waals surface area contributed by atoms with Gasteiger partial charge in [0.05, 0.1) is 4.90 Å². The smallest absolute Gasteiger partial charge is 0.315 e. The summed E-state index contributed by atoms with van der Waals surface area (Å²) in [6, 6.07) is 6.44. The van der Waals surface area contributed by atoms with Crippen LogP contribution in [0.4, 0.5) is 4.79 Å². The summed E-state index contributed by atoms with van der Waals surface area (Å²) < 4.78 is 26.0. The second kappa shape index (κ2) is 9.89. The van der Waals surface area contributed by atoms with Gasteiger partial charge in [0, 0.05) is 33.2 Å². The Morgan fingerprint density at radius 2 is 1.73 bits per heavy atom. The molecule has 0 aliphatic rings. The molecule has 148 valence electrons. The Bertz CT molecular complexity index is 677. The highest BCUT2D eigenvalue weighted by molar-refractivity contribution is 7.89. The lowest BCUT2D eigenvalue weighted by Crippen LogP contribution is -2.46. The number of hydrogen-bond donors (Lipinski definition) is 2. The van der Waals surface area contributed by atoms with Crippen molar-refractivity contribution in [3.8, 4) is 0 Å². The molecule has 1 aromatic rings. The van der Waals surface area contributed by atoms with E-state index < -0.39 is 10.0 Å². The predicted molar refractivity (Wildman–Crippen MR) is 104 cm³/mol. The van der Waals surface area contributed by atoms with Gasteiger partial charge in [-0.1, -0.05) is 32.0 Å². The fourth-order valence-electron chi connectivity index (χ4n) is 2.70. The largest absolute Gasteiger partial charge is 0.334 e. The zero-order valence-corrected chi connectivity index (χ0v) is 17.4. The summed E-state index contributed by atoms with van der Waals surface area (Å²) in [5.41, 5.74) is 0.560. The van der Waals surface area contributed by atoms with Gasteiger partial charge in [0.2, 0.25) is 10.0 Å². The monoisotopic (exact) mass is 384 g/mol. The molecule has 26 heavy (non-hydrogen) atoms. The van der Waals surface area contributed by atoms with E-state index in [0.717, 1.165) is 13.0 Å².